The first-order valence-electron chi connectivity index (χ1n) is 8.64. The van der Waals surface area contributed by atoms with E-state index in [0.717, 1.165) is 19.3 Å². The number of aromatic nitrogens is 1. The van der Waals surface area contributed by atoms with Crippen LogP contribution in [0.5, 0.6) is 5.75 Å². The van der Waals surface area contributed by atoms with E-state index in [4.69, 9.17) is 32.5 Å². The van der Waals surface area contributed by atoms with E-state index >= 15 is 0 Å². The Morgan fingerprint density at radius 2 is 1.96 bits per heavy atom. The number of ketones is 1. The molecule has 0 spiro atoms. The Hall–Kier alpha value is -2.05. The molecule has 2 aromatic rings. The quantitative estimate of drug-likeness (QED) is 0.700. The summed E-state index contributed by atoms with van der Waals surface area (Å²) in [4.78, 5) is 24.4. The number of hydrogen-bond acceptors (Lipinski definition) is 5. The molecule has 1 aromatic carbocycles. The van der Waals surface area contributed by atoms with Gasteiger partial charge >= 0.3 is 0 Å². The van der Waals surface area contributed by atoms with E-state index < -0.39 is 0 Å². The summed E-state index contributed by atoms with van der Waals surface area (Å²) < 4.78 is 10.5. The van der Waals surface area contributed by atoms with E-state index in [0.29, 0.717) is 33.7 Å². The summed E-state index contributed by atoms with van der Waals surface area (Å²) in [5, 5.41) is 7.59. The SMILES string of the molecule is Cc1cc(C(=O)CC23CC(NC(=O)COc4ccc(Cl)c(Cl)c4)(C2)C3)on1. The monoisotopic (exact) mass is 408 g/mol. The molecule has 5 rings (SSSR count). The van der Waals surface area contributed by atoms with Crippen LogP contribution >= 0.6 is 23.2 Å². The van der Waals surface area contributed by atoms with Crippen LogP contribution in [-0.2, 0) is 4.79 Å². The van der Waals surface area contributed by atoms with E-state index in [9.17, 15) is 9.59 Å². The molecule has 3 saturated carbocycles. The van der Waals surface area contributed by atoms with Crippen LogP contribution < -0.4 is 10.1 Å². The van der Waals surface area contributed by atoms with Crippen molar-refractivity contribution in [3.8, 4) is 5.75 Å². The van der Waals surface area contributed by atoms with Crippen molar-refractivity contribution in [1.29, 1.82) is 0 Å². The molecule has 3 fully saturated rings. The van der Waals surface area contributed by atoms with Crippen LogP contribution in [0.2, 0.25) is 10.0 Å². The van der Waals surface area contributed by atoms with Crippen molar-refractivity contribution in [2.75, 3.05) is 6.61 Å². The van der Waals surface area contributed by atoms with Gasteiger partial charge in [-0.3, -0.25) is 9.59 Å². The lowest BCUT2D eigenvalue weighted by molar-refractivity contribution is -0.164. The fourth-order valence-electron chi connectivity index (χ4n) is 4.29. The van der Waals surface area contributed by atoms with Crippen LogP contribution in [0.3, 0.4) is 0 Å². The zero-order valence-corrected chi connectivity index (χ0v) is 16.2. The Balaban J connectivity index is 1.23. The Morgan fingerprint density at radius 3 is 2.59 bits per heavy atom. The number of carbonyl (C=O) groups is 2. The maximum Gasteiger partial charge on any atom is 0.258 e. The molecule has 0 saturated heterocycles. The van der Waals surface area contributed by atoms with Gasteiger partial charge in [-0.15, -0.1) is 0 Å². The van der Waals surface area contributed by atoms with Gasteiger partial charge in [-0.05, 0) is 43.7 Å². The number of ether oxygens (including phenoxy) is 1. The summed E-state index contributed by atoms with van der Waals surface area (Å²) in [6, 6.07) is 6.51. The van der Waals surface area contributed by atoms with Gasteiger partial charge in [-0.1, -0.05) is 28.4 Å². The molecular weight excluding hydrogens is 391 g/mol. The maximum atomic E-state index is 12.3. The number of benzene rings is 1. The maximum absolute atomic E-state index is 12.3. The summed E-state index contributed by atoms with van der Waals surface area (Å²) in [7, 11) is 0. The minimum absolute atomic E-state index is 0.0182. The lowest BCUT2D eigenvalue weighted by Crippen LogP contribution is -2.75. The van der Waals surface area contributed by atoms with Crippen molar-refractivity contribution < 1.29 is 18.8 Å². The second-order valence-electron chi connectivity index (χ2n) is 7.66. The van der Waals surface area contributed by atoms with Gasteiger partial charge in [0.15, 0.2) is 6.61 Å². The van der Waals surface area contributed by atoms with Gasteiger partial charge in [-0.2, -0.15) is 0 Å². The fraction of sp³-hybridized carbons (Fsp3) is 0.421. The highest BCUT2D eigenvalue weighted by Crippen LogP contribution is 2.69. The third-order valence-electron chi connectivity index (χ3n) is 5.24. The van der Waals surface area contributed by atoms with Crippen LogP contribution in [0.15, 0.2) is 28.8 Å². The predicted molar refractivity (Wildman–Crippen MR) is 99.3 cm³/mol. The Bertz CT molecular complexity index is 904. The smallest absolute Gasteiger partial charge is 0.258 e. The summed E-state index contributed by atoms with van der Waals surface area (Å²) in [6.07, 6.45) is 2.84. The second-order valence-corrected chi connectivity index (χ2v) is 8.47. The summed E-state index contributed by atoms with van der Waals surface area (Å²) in [5.74, 6) is 0.580. The molecule has 0 unspecified atom stereocenters. The van der Waals surface area contributed by atoms with Gasteiger partial charge in [0, 0.05) is 24.1 Å². The van der Waals surface area contributed by atoms with E-state index in [1.165, 1.54) is 0 Å². The van der Waals surface area contributed by atoms with Crippen molar-refractivity contribution in [2.24, 2.45) is 5.41 Å². The largest absolute Gasteiger partial charge is 0.484 e. The molecule has 142 valence electrons. The third-order valence-corrected chi connectivity index (χ3v) is 5.98. The minimum atomic E-state index is -0.199. The van der Waals surface area contributed by atoms with E-state index in [1.54, 1.807) is 31.2 Å². The van der Waals surface area contributed by atoms with Crippen LogP contribution in [0.4, 0.5) is 0 Å². The Kier molecular flexibility index (Phi) is 4.43. The number of amides is 1. The molecule has 2 bridgehead atoms. The normalized spacial score (nSPS) is 25.3. The van der Waals surface area contributed by atoms with Crippen LogP contribution in [0.1, 0.15) is 41.9 Å². The summed E-state index contributed by atoms with van der Waals surface area (Å²) >= 11 is 11.8. The number of hydrogen-bond donors (Lipinski definition) is 1. The number of rotatable bonds is 7. The van der Waals surface area contributed by atoms with E-state index in [-0.39, 0.29) is 29.3 Å². The number of Topliss-reactive ketones (excluding diaryl/α,β-unsaturated/α-hetero) is 1. The summed E-state index contributed by atoms with van der Waals surface area (Å²) in [5.41, 5.74) is 0.479. The molecule has 1 N–H and O–H groups in total. The first kappa shape index (κ1) is 18.3. The van der Waals surface area contributed by atoms with Crippen LogP contribution in [0.25, 0.3) is 0 Å². The molecule has 0 aliphatic heterocycles. The van der Waals surface area contributed by atoms with Crippen molar-refractivity contribution in [3.05, 3.63) is 45.8 Å². The van der Waals surface area contributed by atoms with Gasteiger partial charge < -0.3 is 14.6 Å². The van der Waals surface area contributed by atoms with Gasteiger partial charge in [-0.25, -0.2) is 0 Å². The minimum Gasteiger partial charge on any atom is -0.484 e. The Morgan fingerprint density at radius 1 is 1.22 bits per heavy atom. The molecule has 27 heavy (non-hydrogen) atoms. The number of aryl methyl sites for hydroxylation is 1. The van der Waals surface area contributed by atoms with E-state index in [1.807, 2.05) is 0 Å². The van der Waals surface area contributed by atoms with Gasteiger partial charge in [0.1, 0.15) is 5.75 Å². The van der Waals surface area contributed by atoms with Gasteiger partial charge in [0.25, 0.3) is 5.91 Å². The molecule has 1 heterocycles. The average Bonchev–Trinajstić information content (AvgIpc) is 2.99. The van der Waals surface area contributed by atoms with Gasteiger partial charge in [0.05, 0.1) is 15.7 Å². The van der Waals surface area contributed by atoms with Crippen molar-refractivity contribution in [2.45, 2.75) is 38.1 Å². The van der Waals surface area contributed by atoms with Crippen LogP contribution in [-0.4, -0.2) is 29.0 Å². The van der Waals surface area contributed by atoms with E-state index in [2.05, 4.69) is 10.5 Å². The lowest BCUT2D eigenvalue weighted by Gasteiger charge is -2.70. The lowest BCUT2D eigenvalue weighted by atomic mass is 9.38. The highest BCUT2D eigenvalue weighted by atomic mass is 35.5. The van der Waals surface area contributed by atoms with Crippen molar-refractivity contribution in [3.63, 3.8) is 0 Å². The van der Waals surface area contributed by atoms with Crippen molar-refractivity contribution in [1.82, 2.24) is 10.5 Å². The first-order chi connectivity index (χ1) is 12.8. The summed E-state index contributed by atoms with van der Waals surface area (Å²) in [6.45, 7) is 1.69. The second kappa shape index (κ2) is 6.53. The van der Waals surface area contributed by atoms with Gasteiger partial charge in [0.2, 0.25) is 11.5 Å². The number of halogens is 2. The molecule has 8 heteroatoms. The van der Waals surface area contributed by atoms with Crippen molar-refractivity contribution >= 4 is 34.9 Å². The molecular formula is C19H18Cl2N2O4. The predicted octanol–water partition coefficient (Wildman–Crippen LogP) is 3.98. The molecule has 0 radical (unpaired) electrons. The zero-order chi connectivity index (χ0) is 19.2. The Labute approximate surface area is 166 Å². The fourth-order valence-corrected chi connectivity index (χ4v) is 4.58. The highest BCUT2D eigenvalue weighted by Gasteiger charge is 2.68. The van der Waals surface area contributed by atoms with Crippen LogP contribution in [0, 0.1) is 12.3 Å². The highest BCUT2D eigenvalue weighted by molar-refractivity contribution is 6.42. The number of nitrogens with zero attached hydrogens (tertiary/aromatic N) is 1. The number of carbonyl (C=O) groups excluding carboxylic acids is 2. The molecule has 0 atom stereocenters. The topological polar surface area (TPSA) is 81.4 Å². The molecule has 6 nitrogen and oxygen atoms in total. The molecule has 3 aliphatic carbocycles. The first-order valence-corrected chi connectivity index (χ1v) is 9.39. The third kappa shape index (κ3) is 3.56. The molecule has 3 aliphatic rings. The molecule has 1 amide bonds. The average molecular weight is 409 g/mol. The standard InChI is InChI=1S/C19H18Cl2N2O4/c1-11-4-16(27-23-11)15(24)6-18-8-19(9-18,10-18)22-17(25)7-26-12-2-3-13(20)14(21)5-12/h2-5H,6-10H2,1H3,(H,22,25). The number of nitrogens with one attached hydrogen (secondary N) is 1. The zero-order valence-electron chi connectivity index (χ0n) is 14.7. The molecule has 1 aromatic heterocycles.